The molecule has 10 heteroatoms. The number of amides is 1. The van der Waals surface area contributed by atoms with Crippen LogP contribution in [0.1, 0.15) is 290 Å². The van der Waals surface area contributed by atoms with Gasteiger partial charge in [-0.15, -0.1) is 0 Å². The smallest absolute Gasteiger partial charge is 0.456 e. The van der Waals surface area contributed by atoms with Gasteiger partial charge in [-0.1, -0.05) is 256 Å². The SMILES string of the molecule is CCCCC/C=C\C/C=C\C/C=C\CCCCCCCCCCC(=O)NC(COP(=O)(O)OCC[N+](C)(C)C)C(/C=C\CCCCCCCCCCCCC)OC(=O)CCCCCCCCCCCCCCC. The van der Waals surface area contributed by atoms with Gasteiger partial charge in [0.15, 0.2) is 0 Å². The van der Waals surface area contributed by atoms with Crippen molar-refractivity contribution in [2.45, 2.75) is 303 Å². The van der Waals surface area contributed by atoms with Gasteiger partial charge in [-0.2, -0.15) is 0 Å². The van der Waals surface area contributed by atoms with E-state index in [1.54, 1.807) is 0 Å². The van der Waals surface area contributed by atoms with Crippen molar-refractivity contribution < 1.29 is 37.3 Å². The number of likely N-dealkylation sites (N-methyl/N-ethyl adjacent to an activating group) is 1. The van der Waals surface area contributed by atoms with Crippen molar-refractivity contribution in [1.29, 1.82) is 0 Å². The van der Waals surface area contributed by atoms with Crippen LogP contribution < -0.4 is 5.32 Å². The van der Waals surface area contributed by atoms with Crippen molar-refractivity contribution in [2.75, 3.05) is 40.9 Å². The number of unbranched alkanes of at least 4 members (excludes halogenated alkanes) is 34. The number of phosphoric acid groups is 1. The number of ether oxygens (including phenoxy) is 1. The van der Waals surface area contributed by atoms with E-state index in [2.05, 4.69) is 62.5 Å². The number of hydrogen-bond acceptors (Lipinski definition) is 6. The molecule has 0 saturated carbocycles. The van der Waals surface area contributed by atoms with Gasteiger partial charge in [-0.25, -0.2) is 4.57 Å². The number of esters is 1. The zero-order valence-electron chi connectivity index (χ0n) is 48.9. The molecule has 1 amide bonds. The standard InChI is InChI=1S/C63H119N2O7P/c1-7-10-13-16-19-22-25-28-29-30-31-32-33-34-35-38-40-43-46-49-52-55-62(66)64-60(59-71-73(68,69)70-58-57-65(4,5)6)61(54-51-48-45-42-39-36-26-23-20-17-14-11-8-2)72-63(67)56-53-50-47-44-41-37-27-24-21-18-15-12-9-3/h19,22,28-29,31-32,51,54,60-61H,7-18,20-21,23-27,30,33-50,52-53,55-59H2,1-6H3,(H-,64,66,68,69)/p+1/b22-19-,29-28-,32-31-,54-51-. The lowest BCUT2D eigenvalue weighted by atomic mass is 10.0. The first-order valence-corrected chi connectivity index (χ1v) is 32.5. The van der Waals surface area contributed by atoms with Crippen LogP contribution in [-0.4, -0.2) is 74.3 Å². The zero-order chi connectivity index (χ0) is 53.6. The predicted octanol–water partition coefficient (Wildman–Crippen LogP) is 18.9. The third-order valence-corrected chi connectivity index (χ3v) is 14.8. The van der Waals surface area contributed by atoms with Gasteiger partial charge in [0.05, 0.1) is 33.8 Å². The Morgan fingerprint density at radius 1 is 0.479 bits per heavy atom. The van der Waals surface area contributed by atoms with Gasteiger partial charge in [-0.3, -0.25) is 18.6 Å². The second-order valence-electron chi connectivity index (χ2n) is 22.2. The first-order valence-electron chi connectivity index (χ1n) is 31.0. The van der Waals surface area contributed by atoms with Crippen molar-refractivity contribution in [1.82, 2.24) is 5.32 Å². The molecule has 73 heavy (non-hydrogen) atoms. The number of rotatable bonds is 56. The molecule has 0 rings (SSSR count). The number of allylic oxidation sites excluding steroid dienone is 7. The maximum Gasteiger partial charge on any atom is 0.472 e. The molecule has 0 radical (unpaired) electrons. The van der Waals surface area contributed by atoms with E-state index in [1.165, 1.54) is 173 Å². The van der Waals surface area contributed by atoms with Crippen molar-refractivity contribution in [3.8, 4) is 0 Å². The molecule has 9 nitrogen and oxygen atoms in total. The molecule has 2 N–H and O–H groups in total. The topological polar surface area (TPSA) is 111 Å². The van der Waals surface area contributed by atoms with Crippen molar-refractivity contribution >= 4 is 19.7 Å². The van der Waals surface area contributed by atoms with E-state index in [9.17, 15) is 19.0 Å². The number of quaternary nitrogens is 1. The van der Waals surface area contributed by atoms with Crippen LogP contribution in [0.4, 0.5) is 0 Å². The largest absolute Gasteiger partial charge is 0.472 e. The fourth-order valence-corrected chi connectivity index (χ4v) is 9.68. The maximum absolute atomic E-state index is 13.5. The van der Waals surface area contributed by atoms with E-state index < -0.39 is 20.0 Å². The summed E-state index contributed by atoms with van der Waals surface area (Å²) in [7, 11) is 1.50. The van der Waals surface area contributed by atoms with Crippen LogP contribution in [0.5, 0.6) is 0 Å². The van der Waals surface area contributed by atoms with Crippen molar-refractivity contribution in [3.63, 3.8) is 0 Å². The van der Waals surface area contributed by atoms with Crippen LogP contribution in [0, 0.1) is 0 Å². The number of phosphoric ester groups is 1. The Balaban J connectivity index is 5.25. The summed E-state index contributed by atoms with van der Waals surface area (Å²) in [4.78, 5) is 37.7. The Morgan fingerprint density at radius 2 is 0.836 bits per heavy atom. The Labute approximate surface area is 452 Å². The molecule has 0 spiro atoms. The molecule has 0 aliphatic carbocycles. The fourth-order valence-electron chi connectivity index (χ4n) is 8.95. The first kappa shape index (κ1) is 71.0. The lowest BCUT2D eigenvalue weighted by Gasteiger charge is -2.27. The molecule has 0 aromatic rings. The minimum atomic E-state index is -4.45. The molecule has 0 fully saturated rings. The highest BCUT2D eigenvalue weighted by molar-refractivity contribution is 7.47. The van der Waals surface area contributed by atoms with Crippen LogP contribution >= 0.6 is 7.82 Å². The molecule has 0 bridgehead atoms. The summed E-state index contributed by atoms with van der Waals surface area (Å²) >= 11 is 0. The highest BCUT2D eigenvalue weighted by Crippen LogP contribution is 2.43. The van der Waals surface area contributed by atoms with E-state index in [0.717, 1.165) is 83.5 Å². The molecular formula is C63H120N2O7P+. The van der Waals surface area contributed by atoms with E-state index in [4.69, 9.17) is 13.8 Å². The van der Waals surface area contributed by atoms with Gasteiger partial charge in [0.2, 0.25) is 5.91 Å². The average Bonchev–Trinajstić information content (AvgIpc) is 3.35. The van der Waals surface area contributed by atoms with E-state index in [0.29, 0.717) is 23.9 Å². The molecular weight excluding hydrogens is 928 g/mol. The number of hydrogen-bond donors (Lipinski definition) is 2. The summed E-state index contributed by atoms with van der Waals surface area (Å²) in [5.74, 6) is -0.504. The Kier molecular flexibility index (Phi) is 51.9. The van der Waals surface area contributed by atoms with Crippen LogP contribution in [0.15, 0.2) is 48.6 Å². The first-order chi connectivity index (χ1) is 35.4. The lowest BCUT2D eigenvalue weighted by molar-refractivity contribution is -0.870. The predicted molar refractivity (Wildman–Crippen MR) is 314 cm³/mol. The summed E-state index contributed by atoms with van der Waals surface area (Å²) in [6.45, 7) is 7.00. The normalized spacial score (nSPS) is 14.0. The Morgan fingerprint density at radius 3 is 1.27 bits per heavy atom. The van der Waals surface area contributed by atoms with E-state index >= 15 is 0 Å². The van der Waals surface area contributed by atoms with Crippen LogP contribution in [0.3, 0.4) is 0 Å². The molecule has 3 atom stereocenters. The summed E-state index contributed by atoms with van der Waals surface area (Å²) in [5, 5.41) is 3.06. The highest BCUT2D eigenvalue weighted by Gasteiger charge is 2.30. The minimum Gasteiger partial charge on any atom is -0.456 e. The Hall–Kier alpha value is -2.03. The van der Waals surface area contributed by atoms with Gasteiger partial charge in [-0.05, 0) is 70.3 Å². The molecule has 0 aliphatic heterocycles. The molecule has 0 heterocycles. The fraction of sp³-hybridized carbons (Fsp3) is 0.841. The van der Waals surface area contributed by atoms with E-state index in [-0.39, 0.29) is 25.1 Å². The van der Waals surface area contributed by atoms with Crippen LogP contribution in [-0.2, 0) is 27.9 Å². The number of nitrogens with one attached hydrogen (secondary N) is 1. The van der Waals surface area contributed by atoms with Gasteiger partial charge in [0.25, 0.3) is 0 Å². The molecule has 3 unspecified atom stereocenters. The summed E-state index contributed by atoms with van der Waals surface area (Å²) in [6.07, 6.45) is 65.2. The second kappa shape index (κ2) is 53.4. The lowest BCUT2D eigenvalue weighted by Crippen LogP contribution is -2.47. The van der Waals surface area contributed by atoms with Gasteiger partial charge in [0.1, 0.15) is 19.3 Å². The quantitative estimate of drug-likeness (QED) is 0.0205. The molecule has 0 aliphatic rings. The third-order valence-electron chi connectivity index (χ3n) is 13.8. The van der Waals surface area contributed by atoms with Crippen LogP contribution in [0.2, 0.25) is 0 Å². The van der Waals surface area contributed by atoms with Crippen molar-refractivity contribution in [2.24, 2.45) is 0 Å². The number of carbonyl (C=O) groups excluding carboxylic acids is 2. The molecule has 0 aromatic heterocycles. The maximum atomic E-state index is 13.5. The van der Waals surface area contributed by atoms with Gasteiger partial charge in [0, 0.05) is 12.8 Å². The Bertz CT molecular complexity index is 1390. The average molecular weight is 1050 g/mol. The van der Waals surface area contributed by atoms with Crippen LogP contribution in [0.25, 0.3) is 0 Å². The molecule has 428 valence electrons. The molecule has 0 aromatic carbocycles. The van der Waals surface area contributed by atoms with Gasteiger partial charge < -0.3 is 19.4 Å². The van der Waals surface area contributed by atoms with Crippen molar-refractivity contribution in [3.05, 3.63) is 48.6 Å². The van der Waals surface area contributed by atoms with Gasteiger partial charge >= 0.3 is 13.8 Å². The third kappa shape index (κ3) is 54.6. The zero-order valence-corrected chi connectivity index (χ0v) is 49.8. The summed E-state index contributed by atoms with van der Waals surface area (Å²) < 4.78 is 30.7. The number of carbonyl (C=O) groups is 2. The monoisotopic (exact) mass is 1050 g/mol. The minimum absolute atomic E-state index is 0.0397. The highest BCUT2D eigenvalue weighted by atomic mass is 31.2. The number of nitrogens with zero attached hydrogens (tertiary/aromatic N) is 1. The second-order valence-corrected chi connectivity index (χ2v) is 23.7. The van der Waals surface area contributed by atoms with E-state index in [1.807, 2.05) is 33.3 Å². The summed E-state index contributed by atoms with van der Waals surface area (Å²) in [6, 6.07) is -0.849. The summed E-state index contributed by atoms with van der Waals surface area (Å²) in [5.41, 5.74) is 0. The molecule has 0 saturated heterocycles.